The van der Waals surface area contributed by atoms with Gasteiger partial charge in [-0.2, -0.15) is 0 Å². The Bertz CT molecular complexity index is 469. The van der Waals surface area contributed by atoms with Crippen LogP contribution in [-0.4, -0.2) is 28.6 Å². The van der Waals surface area contributed by atoms with Crippen LogP contribution in [0.5, 0.6) is 0 Å². The summed E-state index contributed by atoms with van der Waals surface area (Å²) >= 11 is 0. The second-order valence-corrected chi connectivity index (χ2v) is 5.05. The van der Waals surface area contributed by atoms with E-state index >= 15 is 0 Å². The Morgan fingerprint density at radius 2 is 2.11 bits per heavy atom. The first kappa shape index (κ1) is 15.3. The molecule has 0 atom stereocenters. The number of hydrogen-bond donors (Lipinski definition) is 2. The molecule has 0 aliphatic heterocycles. The van der Waals surface area contributed by atoms with Gasteiger partial charge in [0.1, 0.15) is 5.82 Å². The Balaban J connectivity index is 3.46. The fourth-order valence-corrected chi connectivity index (χ4v) is 2.24. The molecule has 19 heavy (non-hydrogen) atoms. The predicted octanol–water partition coefficient (Wildman–Crippen LogP) is 2.42. The molecule has 0 saturated heterocycles. The highest BCUT2D eigenvalue weighted by Crippen LogP contribution is 2.24. The van der Waals surface area contributed by atoms with Crippen LogP contribution >= 0.6 is 0 Å². The van der Waals surface area contributed by atoms with Gasteiger partial charge in [-0.05, 0) is 45.7 Å². The zero-order chi connectivity index (χ0) is 14.6. The van der Waals surface area contributed by atoms with Gasteiger partial charge in [0, 0.05) is 18.3 Å². The molecule has 1 heterocycles. The molecule has 0 aromatic carbocycles. The SMILES string of the molecule is CCCN(c1nc(C)cc(C)c1C(N)=NO)C(C)C. The Hall–Kier alpha value is -1.78. The molecule has 1 aromatic rings. The third-order valence-corrected chi connectivity index (χ3v) is 3.05. The first-order chi connectivity index (χ1) is 8.92. The number of aromatic nitrogens is 1. The molecule has 0 fully saturated rings. The fourth-order valence-electron chi connectivity index (χ4n) is 2.24. The van der Waals surface area contributed by atoms with Gasteiger partial charge in [-0.3, -0.25) is 0 Å². The Morgan fingerprint density at radius 3 is 2.58 bits per heavy atom. The number of rotatable bonds is 5. The van der Waals surface area contributed by atoms with Gasteiger partial charge in [0.2, 0.25) is 0 Å². The summed E-state index contributed by atoms with van der Waals surface area (Å²) in [5, 5.41) is 12.1. The summed E-state index contributed by atoms with van der Waals surface area (Å²) in [6.45, 7) is 11.2. The molecule has 1 rings (SSSR count). The van der Waals surface area contributed by atoms with E-state index in [1.807, 2.05) is 19.9 Å². The number of aryl methyl sites for hydroxylation is 2. The van der Waals surface area contributed by atoms with E-state index in [-0.39, 0.29) is 5.84 Å². The number of hydrogen-bond acceptors (Lipinski definition) is 4. The van der Waals surface area contributed by atoms with Crippen LogP contribution in [-0.2, 0) is 0 Å². The smallest absolute Gasteiger partial charge is 0.174 e. The van der Waals surface area contributed by atoms with Crippen molar-refractivity contribution in [2.45, 2.75) is 47.1 Å². The van der Waals surface area contributed by atoms with Crippen molar-refractivity contribution in [1.82, 2.24) is 4.98 Å². The van der Waals surface area contributed by atoms with Crippen molar-refractivity contribution in [3.63, 3.8) is 0 Å². The van der Waals surface area contributed by atoms with Crippen LogP contribution < -0.4 is 10.6 Å². The van der Waals surface area contributed by atoms with Crippen LogP contribution in [0.4, 0.5) is 5.82 Å². The summed E-state index contributed by atoms with van der Waals surface area (Å²) in [5.74, 6) is 0.909. The van der Waals surface area contributed by atoms with E-state index in [1.54, 1.807) is 0 Å². The minimum absolute atomic E-state index is 0.113. The summed E-state index contributed by atoms with van der Waals surface area (Å²) in [4.78, 5) is 6.79. The van der Waals surface area contributed by atoms with Crippen LogP contribution in [0.2, 0.25) is 0 Å². The summed E-state index contributed by atoms with van der Waals surface area (Å²) in [5.41, 5.74) is 8.44. The number of pyridine rings is 1. The van der Waals surface area contributed by atoms with Crippen molar-refractivity contribution in [1.29, 1.82) is 0 Å². The van der Waals surface area contributed by atoms with E-state index < -0.39 is 0 Å². The van der Waals surface area contributed by atoms with Crippen molar-refractivity contribution in [2.75, 3.05) is 11.4 Å². The first-order valence-electron chi connectivity index (χ1n) is 6.65. The standard InChI is InChI=1S/C14H24N4O/c1-6-7-18(9(2)3)14-12(13(15)17-19)10(4)8-11(5)16-14/h8-9,19H,6-7H2,1-5H3,(H2,15,17). The number of amidine groups is 1. The molecule has 0 aliphatic carbocycles. The molecule has 5 nitrogen and oxygen atoms in total. The van der Waals surface area contributed by atoms with Gasteiger partial charge in [0.25, 0.3) is 0 Å². The van der Waals surface area contributed by atoms with E-state index in [0.717, 1.165) is 35.6 Å². The van der Waals surface area contributed by atoms with E-state index in [0.29, 0.717) is 6.04 Å². The van der Waals surface area contributed by atoms with E-state index in [2.05, 4.69) is 35.8 Å². The molecule has 3 N–H and O–H groups in total. The second-order valence-electron chi connectivity index (χ2n) is 5.05. The van der Waals surface area contributed by atoms with Gasteiger partial charge in [-0.1, -0.05) is 12.1 Å². The Labute approximate surface area is 115 Å². The summed E-state index contributed by atoms with van der Waals surface area (Å²) < 4.78 is 0. The van der Waals surface area contributed by atoms with Gasteiger partial charge in [0.05, 0.1) is 5.56 Å². The maximum atomic E-state index is 8.97. The molecule has 0 aliphatic rings. The van der Waals surface area contributed by atoms with Crippen molar-refractivity contribution >= 4 is 11.7 Å². The monoisotopic (exact) mass is 264 g/mol. The lowest BCUT2D eigenvalue weighted by Gasteiger charge is -2.30. The normalized spacial score (nSPS) is 12.0. The third-order valence-electron chi connectivity index (χ3n) is 3.05. The van der Waals surface area contributed by atoms with Crippen LogP contribution in [0.15, 0.2) is 11.2 Å². The highest BCUT2D eigenvalue weighted by molar-refractivity contribution is 6.02. The van der Waals surface area contributed by atoms with E-state index in [1.165, 1.54) is 0 Å². The van der Waals surface area contributed by atoms with Crippen molar-refractivity contribution in [2.24, 2.45) is 10.9 Å². The lowest BCUT2D eigenvalue weighted by atomic mass is 10.1. The van der Waals surface area contributed by atoms with E-state index in [4.69, 9.17) is 10.9 Å². The summed E-state index contributed by atoms with van der Waals surface area (Å²) in [6.07, 6.45) is 1.02. The molecule has 0 bridgehead atoms. The molecule has 106 valence electrons. The zero-order valence-corrected chi connectivity index (χ0v) is 12.4. The first-order valence-corrected chi connectivity index (χ1v) is 6.65. The Kier molecular flexibility index (Phi) is 5.15. The lowest BCUT2D eigenvalue weighted by Crippen LogP contribution is -2.35. The van der Waals surface area contributed by atoms with Crippen LogP contribution in [0.3, 0.4) is 0 Å². The number of anilines is 1. The van der Waals surface area contributed by atoms with Gasteiger partial charge >= 0.3 is 0 Å². The lowest BCUT2D eigenvalue weighted by molar-refractivity contribution is 0.318. The quantitative estimate of drug-likeness (QED) is 0.371. The molecule has 0 spiro atoms. The van der Waals surface area contributed by atoms with Gasteiger partial charge in [0.15, 0.2) is 5.84 Å². The average Bonchev–Trinajstić information content (AvgIpc) is 2.33. The maximum Gasteiger partial charge on any atom is 0.174 e. The summed E-state index contributed by atoms with van der Waals surface area (Å²) in [6, 6.07) is 2.25. The highest BCUT2D eigenvalue weighted by Gasteiger charge is 2.20. The maximum absolute atomic E-state index is 8.97. The van der Waals surface area contributed by atoms with Crippen LogP contribution in [0.25, 0.3) is 0 Å². The molecule has 1 aromatic heterocycles. The average molecular weight is 264 g/mol. The number of oxime groups is 1. The molecule has 5 heteroatoms. The van der Waals surface area contributed by atoms with Crippen molar-refractivity contribution in [3.05, 3.63) is 22.9 Å². The molecule has 0 radical (unpaired) electrons. The summed E-state index contributed by atoms with van der Waals surface area (Å²) in [7, 11) is 0. The minimum Gasteiger partial charge on any atom is -0.409 e. The largest absolute Gasteiger partial charge is 0.409 e. The van der Waals surface area contributed by atoms with Crippen LogP contribution in [0.1, 0.15) is 44.0 Å². The van der Waals surface area contributed by atoms with Crippen LogP contribution in [0, 0.1) is 13.8 Å². The molecular formula is C14H24N4O. The van der Waals surface area contributed by atoms with Gasteiger partial charge in [-0.15, -0.1) is 0 Å². The third kappa shape index (κ3) is 3.36. The molecular weight excluding hydrogens is 240 g/mol. The van der Waals surface area contributed by atoms with Gasteiger partial charge in [-0.25, -0.2) is 4.98 Å². The Morgan fingerprint density at radius 1 is 1.47 bits per heavy atom. The topological polar surface area (TPSA) is 74.7 Å². The van der Waals surface area contributed by atoms with Crippen molar-refractivity contribution in [3.8, 4) is 0 Å². The number of nitrogens with two attached hydrogens (primary N) is 1. The molecule has 0 amide bonds. The van der Waals surface area contributed by atoms with Crippen molar-refractivity contribution < 1.29 is 5.21 Å². The van der Waals surface area contributed by atoms with E-state index in [9.17, 15) is 0 Å². The highest BCUT2D eigenvalue weighted by atomic mass is 16.4. The van der Waals surface area contributed by atoms with Gasteiger partial charge < -0.3 is 15.8 Å². The molecule has 0 saturated carbocycles. The number of nitrogens with zero attached hydrogens (tertiary/aromatic N) is 3. The molecule has 0 unspecified atom stereocenters. The predicted molar refractivity (Wildman–Crippen MR) is 79.0 cm³/mol. The minimum atomic E-state index is 0.113. The zero-order valence-electron chi connectivity index (χ0n) is 12.4. The second kappa shape index (κ2) is 6.41. The fraction of sp³-hybridized carbons (Fsp3) is 0.571.